The zero-order valence-electron chi connectivity index (χ0n) is 62.5. The molecular formula is C68H92F12N20O10S4. The predicted molar refractivity (Wildman–Crippen MR) is 405 cm³/mol. The van der Waals surface area contributed by atoms with Gasteiger partial charge in [-0.15, -0.1) is 47.0 Å². The topological polar surface area (TPSA) is 522 Å². The molecule has 0 saturated heterocycles. The van der Waals surface area contributed by atoms with Crippen LogP contribution in [0.25, 0.3) is 11.1 Å². The lowest BCUT2D eigenvalue weighted by Gasteiger charge is -2.26. The highest BCUT2D eigenvalue weighted by atomic mass is 32.2. The standard InChI is InChI=1S/C38H47F8N9O5S2.C30H45F4N11O5S2/c1-15(2)21(57)12-53-36(59)19-14-62-34-31(45)27(41)24(28(42)32(34)46)23-25(39)29(43)33(30(44)26(23)40)61-13-18(51-3)20(56)11-16(7-6-10-52-38(49)50)35(58)54-17(37(60)55-19)8-4-5-9-22(47)48;1-13(2)18(46)10-42-25(47)17-12-52-24-21(33)19(31)23(20(32)22(24)34)51-11-16(39-3)28(50)44-14(6-4-8-40-29(35)36)26(48)43-15(27(49)45-17)7-5-9-41-30(37)38/h15-19,51H,4-14H2,1-3H3,(H3,47,48)(H,53,59)(H,54,58)(H,55,60)(H4,49,50,52);13-17,39H,4-12H2,1-3H3,(H,42,47)(H,43,48)(H,44,50)(H,45,49)(H4,35,36,40)(H4,37,38,41). The predicted octanol–water partition coefficient (Wildman–Crippen LogP) is 2.62. The Morgan fingerprint density at radius 2 is 0.728 bits per heavy atom. The third kappa shape index (κ3) is 28.6. The minimum absolute atomic E-state index is 0.00245. The zero-order chi connectivity index (χ0) is 85.7. The SMILES string of the molecule is CNC1CSc2c(F)c(F)c(c(F)c2F)-c2c(F)c(F)c(c(F)c2F)SCC(C(=O)NCC(=O)C(C)C)NC(=O)C(CCCCC(=N)N)NC(=O)C(CCCN=C(N)N)CC1=O.CNC1CSc2c(F)c(F)c(c(F)c2F)SCC(C(=O)NCC(=O)C(C)C)NC(=O)C(CCCN=C(N)N)NC(=O)C(CCCN=C(N)N)NC1=O. The molecule has 3 aromatic carbocycles. The number of hydrogen-bond acceptors (Lipinski definition) is 20. The van der Waals surface area contributed by atoms with Crippen LogP contribution >= 0.6 is 47.0 Å². The molecule has 5 aliphatic heterocycles. The molecule has 0 aliphatic carbocycles. The number of rotatable bonds is 27. The summed E-state index contributed by atoms with van der Waals surface area (Å²) in [6.45, 7) is 5.25. The summed E-state index contributed by atoms with van der Waals surface area (Å²) in [4.78, 5) is 140. The van der Waals surface area contributed by atoms with E-state index in [1.54, 1.807) is 13.8 Å². The number of carbonyl (C=O) groups is 10. The summed E-state index contributed by atoms with van der Waals surface area (Å²) >= 11 is 0.492. The van der Waals surface area contributed by atoms with Crippen molar-refractivity contribution in [2.24, 2.45) is 72.9 Å². The van der Waals surface area contributed by atoms with Crippen molar-refractivity contribution in [3.05, 3.63) is 69.8 Å². The van der Waals surface area contributed by atoms with E-state index in [1.807, 2.05) is 0 Å². The lowest BCUT2D eigenvalue weighted by molar-refractivity contribution is -0.134. The molecule has 5 aliphatic rings. The molecule has 0 saturated carbocycles. The Morgan fingerprint density at radius 1 is 0.421 bits per heavy atom. The molecule has 0 fully saturated rings. The number of fused-ring (bicyclic) bond motifs is 17. The van der Waals surface area contributed by atoms with Crippen LogP contribution in [-0.4, -0.2) is 195 Å². The molecule has 114 heavy (non-hydrogen) atoms. The van der Waals surface area contributed by atoms with Crippen LogP contribution in [0.2, 0.25) is 0 Å². The van der Waals surface area contributed by atoms with E-state index in [0.29, 0.717) is 11.8 Å². The van der Waals surface area contributed by atoms with Gasteiger partial charge in [0.25, 0.3) is 0 Å². The first-order valence-electron chi connectivity index (χ1n) is 35.2. The van der Waals surface area contributed by atoms with Crippen LogP contribution in [0, 0.1) is 93.0 Å². The number of benzene rings is 3. The van der Waals surface area contributed by atoms with Gasteiger partial charge < -0.3 is 88.0 Å². The summed E-state index contributed by atoms with van der Waals surface area (Å²) in [5, 5.41) is 29.7. The van der Waals surface area contributed by atoms with E-state index >= 15 is 52.7 Å². The highest BCUT2D eigenvalue weighted by molar-refractivity contribution is 8.00. The summed E-state index contributed by atoms with van der Waals surface area (Å²) in [6.07, 6.45) is -0.0607. The Morgan fingerprint density at radius 3 is 1.07 bits per heavy atom. The molecule has 0 radical (unpaired) electrons. The quantitative estimate of drug-likeness (QED) is 0.0130. The Hall–Kier alpha value is -9.28. The molecule has 24 N–H and O–H groups in total. The number of carbonyl (C=O) groups excluding carboxylic acids is 10. The van der Waals surface area contributed by atoms with Crippen molar-refractivity contribution in [3.8, 4) is 11.1 Å². The first kappa shape index (κ1) is 97.1. The minimum atomic E-state index is -2.47. The fourth-order valence-corrected chi connectivity index (χ4v) is 14.7. The van der Waals surface area contributed by atoms with Gasteiger partial charge in [-0.3, -0.25) is 68.3 Å². The molecule has 7 amide bonds. The summed E-state index contributed by atoms with van der Waals surface area (Å²) in [5.74, 6) is -39.9. The Labute approximate surface area is 664 Å². The number of unbranched alkanes of at least 4 members (excludes halogenated alkanes) is 1. The third-order valence-electron chi connectivity index (χ3n) is 17.1. The number of nitrogens with zero attached hydrogens (tertiary/aromatic N) is 3. The molecule has 632 valence electrons. The molecule has 46 heteroatoms. The first-order chi connectivity index (χ1) is 53.6. The molecule has 3 aromatic rings. The number of ketones is 3. The average molecular weight is 1710 g/mol. The lowest BCUT2D eigenvalue weighted by atomic mass is 9.93. The van der Waals surface area contributed by atoms with Crippen molar-refractivity contribution < 1.29 is 101 Å². The van der Waals surface area contributed by atoms with Crippen molar-refractivity contribution in [2.45, 2.75) is 160 Å². The monoisotopic (exact) mass is 1700 g/mol. The summed E-state index contributed by atoms with van der Waals surface area (Å²) in [5.41, 5.74) is 33.5. The number of guanidine groups is 3. The van der Waals surface area contributed by atoms with Crippen LogP contribution in [0.4, 0.5) is 52.7 Å². The highest BCUT2D eigenvalue weighted by Crippen LogP contribution is 2.43. The molecule has 0 aromatic heterocycles. The van der Waals surface area contributed by atoms with Gasteiger partial charge in [-0.2, -0.15) is 0 Å². The number of aliphatic imine (C=N–C) groups is 3. The van der Waals surface area contributed by atoms with Gasteiger partial charge in [-0.1, -0.05) is 34.1 Å². The van der Waals surface area contributed by atoms with Gasteiger partial charge >= 0.3 is 0 Å². The number of Topliss-reactive ketones (excluding diaryl/α,β-unsaturated/α-hetero) is 3. The third-order valence-corrected chi connectivity index (χ3v) is 21.7. The largest absolute Gasteiger partial charge is 0.388 e. The smallest absolute Gasteiger partial charge is 0.243 e. The van der Waals surface area contributed by atoms with Crippen LogP contribution in [0.3, 0.4) is 0 Å². The van der Waals surface area contributed by atoms with Crippen molar-refractivity contribution in [2.75, 3.05) is 69.8 Å². The number of amidine groups is 1. The number of halogens is 12. The van der Waals surface area contributed by atoms with Gasteiger partial charge in [0.2, 0.25) is 41.4 Å². The average Bonchev–Trinajstić information content (AvgIpc) is 0.748. The van der Waals surface area contributed by atoms with Crippen molar-refractivity contribution in [1.29, 1.82) is 5.41 Å². The lowest BCUT2D eigenvalue weighted by Crippen LogP contribution is -2.58. The normalized spacial score (nSPS) is 19.6. The Kier molecular flexibility index (Phi) is 40.0. The Balaban J connectivity index is 0.000000488. The number of likely N-dealkylation sites (N-methyl/N-ethyl adjacent to an activating group) is 2. The van der Waals surface area contributed by atoms with E-state index in [-0.39, 0.29) is 149 Å². The maximum absolute atomic E-state index is 15.6. The Bertz CT molecular complexity index is 4020. The van der Waals surface area contributed by atoms with Gasteiger partial charge in [-0.25, -0.2) is 52.7 Å². The van der Waals surface area contributed by atoms with Crippen LogP contribution in [0.5, 0.6) is 0 Å². The summed E-state index contributed by atoms with van der Waals surface area (Å²) < 4.78 is 185. The number of amides is 7. The number of nitrogens with one attached hydrogen (secondary N) is 10. The number of hydrogen-bond donors (Lipinski definition) is 17. The summed E-state index contributed by atoms with van der Waals surface area (Å²) in [6, 6.07) is -10.3. The first-order valence-corrected chi connectivity index (χ1v) is 39.1. The highest BCUT2D eigenvalue weighted by Gasteiger charge is 2.39. The van der Waals surface area contributed by atoms with Gasteiger partial charge in [0.15, 0.2) is 105 Å². The molecule has 6 bridgehead atoms. The van der Waals surface area contributed by atoms with Crippen molar-refractivity contribution >= 4 is 129 Å². The summed E-state index contributed by atoms with van der Waals surface area (Å²) in [7, 11) is 2.60. The van der Waals surface area contributed by atoms with E-state index < -0.39 is 256 Å². The van der Waals surface area contributed by atoms with E-state index in [9.17, 15) is 47.9 Å². The number of thioether (sulfide) groups is 4. The van der Waals surface area contributed by atoms with E-state index in [1.165, 1.54) is 27.9 Å². The van der Waals surface area contributed by atoms with E-state index in [0.717, 1.165) is 0 Å². The van der Waals surface area contributed by atoms with Crippen molar-refractivity contribution in [3.63, 3.8) is 0 Å². The van der Waals surface area contributed by atoms with Crippen LogP contribution in [0.15, 0.2) is 34.6 Å². The second-order valence-corrected chi connectivity index (χ2v) is 30.4. The van der Waals surface area contributed by atoms with Crippen LogP contribution in [0.1, 0.15) is 98.3 Å². The molecule has 8 atom stereocenters. The molecular weight excluding hydrogens is 1610 g/mol. The molecule has 0 spiro atoms. The minimum Gasteiger partial charge on any atom is -0.388 e. The maximum Gasteiger partial charge on any atom is 0.243 e. The van der Waals surface area contributed by atoms with E-state index in [4.69, 9.17) is 45.5 Å². The van der Waals surface area contributed by atoms with Crippen LogP contribution in [-0.2, 0) is 47.9 Å². The second-order valence-electron chi connectivity index (χ2n) is 26.2. The van der Waals surface area contributed by atoms with Crippen molar-refractivity contribution in [1.82, 2.24) is 47.9 Å². The molecule has 30 nitrogen and oxygen atoms in total. The molecule has 5 heterocycles. The van der Waals surface area contributed by atoms with Gasteiger partial charge in [0.05, 0.1) is 61.7 Å². The maximum atomic E-state index is 15.6. The molecule has 8 unspecified atom stereocenters. The fourth-order valence-electron chi connectivity index (χ4n) is 10.5. The van der Waals surface area contributed by atoms with Gasteiger partial charge in [0.1, 0.15) is 30.2 Å². The zero-order valence-corrected chi connectivity index (χ0v) is 65.8. The van der Waals surface area contributed by atoms with Gasteiger partial charge in [-0.05, 0) is 65.5 Å². The second kappa shape index (κ2) is 46.9. The van der Waals surface area contributed by atoms with Crippen LogP contribution < -0.4 is 88.0 Å². The van der Waals surface area contributed by atoms with Gasteiger partial charge in [0, 0.05) is 73.2 Å². The fraction of sp³-hybridized carbons (Fsp3) is 0.529. The molecule has 8 rings (SSSR count). The number of nitrogens with two attached hydrogens (primary N) is 7. The van der Waals surface area contributed by atoms with E-state index in [2.05, 4.69) is 62.8 Å².